The molecule has 1 amide bonds. The summed E-state index contributed by atoms with van der Waals surface area (Å²) < 4.78 is 36.5. The minimum atomic E-state index is -3.45. The molecule has 0 saturated carbocycles. The van der Waals surface area contributed by atoms with E-state index in [4.69, 9.17) is 11.6 Å². The van der Waals surface area contributed by atoms with Gasteiger partial charge in [0.05, 0.1) is 15.5 Å². The minimum Gasteiger partial charge on any atom is -0.348 e. The normalized spacial score (nSPS) is 11.2. The standard InChI is InChI=1S/C15H13ClFNO3S/c1-22(20,21)11-6-7-13(16)12(8-11)15(19)18-9-10-4-2-3-5-14(10)17/h2-8H,9H2,1H3,(H,18,19). The van der Waals surface area contributed by atoms with E-state index in [1.54, 1.807) is 18.2 Å². The number of amides is 1. The Kier molecular flexibility index (Phi) is 4.83. The van der Waals surface area contributed by atoms with Crippen LogP contribution in [-0.4, -0.2) is 20.6 Å². The maximum absolute atomic E-state index is 13.5. The monoisotopic (exact) mass is 341 g/mol. The SMILES string of the molecule is CS(=O)(=O)c1ccc(Cl)c(C(=O)NCc2ccccc2F)c1. The van der Waals surface area contributed by atoms with Crippen LogP contribution in [0.5, 0.6) is 0 Å². The highest BCUT2D eigenvalue weighted by molar-refractivity contribution is 7.90. The second-order valence-electron chi connectivity index (χ2n) is 4.69. The zero-order valence-corrected chi connectivity index (χ0v) is 13.2. The lowest BCUT2D eigenvalue weighted by atomic mass is 10.2. The van der Waals surface area contributed by atoms with Crippen LogP contribution in [0.25, 0.3) is 0 Å². The van der Waals surface area contributed by atoms with E-state index in [1.165, 1.54) is 24.3 Å². The van der Waals surface area contributed by atoms with Crippen molar-refractivity contribution in [3.05, 3.63) is 64.4 Å². The molecule has 0 fully saturated rings. The van der Waals surface area contributed by atoms with Gasteiger partial charge in [0.25, 0.3) is 5.91 Å². The molecule has 0 aliphatic heterocycles. The van der Waals surface area contributed by atoms with Crippen LogP contribution in [0.15, 0.2) is 47.4 Å². The Morgan fingerprint density at radius 2 is 1.91 bits per heavy atom. The molecule has 0 heterocycles. The molecule has 2 aromatic carbocycles. The summed E-state index contributed by atoms with van der Waals surface area (Å²) in [5, 5.41) is 2.64. The van der Waals surface area contributed by atoms with E-state index in [0.29, 0.717) is 5.56 Å². The molecular formula is C15H13ClFNO3S. The van der Waals surface area contributed by atoms with Gasteiger partial charge in [0.15, 0.2) is 9.84 Å². The number of carbonyl (C=O) groups is 1. The van der Waals surface area contributed by atoms with Gasteiger partial charge >= 0.3 is 0 Å². The third-order valence-electron chi connectivity index (χ3n) is 3.01. The number of hydrogen-bond donors (Lipinski definition) is 1. The lowest BCUT2D eigenvalue weighted by Crippen LogP contribution is -2.24. The first kappa shape index (κ1) is 16.5. The van der Waals surface area contributed by atoms with Crippen molar-refractivity contribution in [2.75, 3.05) is 6.26 Å². The van der Waals surface area contributed by atoms with Crippen molar-refractivity contribution in [1.82, 2.24) is 5.32 Å². The summed E-state index contributed by atoms with van der Waals surface area (Å²) in [6, 6.07) is 9.91. The van der Waals surface area contributed by atoms with E-state index in [9.17, 15) is 17.6 Å². The summed E-state index contributed by atoms with van der Waals surface area (Å²) in [7, 11) is -3.45. The predicted octanol–water partition coefficient (Wildman–Crippen LogP) is 2.81. The van der Waals surface area contributed by atoms with Crippen molar-refractivity contribution in [2.24, 2.45) is 0 Å². The molecule has 0 atom stereocenters. The fourth-order valence-electron chi connectivity index (χ4n) is 1.82. The number of sulfone groups is 1. The highest BCUT2D eigenvalue weighted by atomic mass is 35.5. The lowest BCUT2D eigenvalue weighted by Gasteiger charge is -2.09. The second-order valence-corrected chi connectivity index (χ2v) is 7.11. The molecule has 2 rings (SSSR count). The zero-order chi connectivity index (χ0) is 16.3. The zero-order valence-electron chi connectivity index (χ0n) is 11.6. The Morgan fingerprint density at radius 1 is 1.23 bits per heavy atom. The topological polar surface area (TPSA) is 63.2 Å². The van der Waals surface area contributed by atoms with E-state index in [-0.39, 0.29) is 22.0 Å². The lowest BCUT2D eigenvalue weighted by molar-refractivity contribution is 0.0950. The minimum absolute atomic E-state index is 0.00654. The molecule has 0 spiro atoms. The summed E-state index contributed by atoms with van der Waals surface area (Å²) >= 11 is 5.92. The molecule has 1 N–H and O–H groups in total. The van der Waals surface area contributed by atoms with Crippen LogP contribution < -0.4 is 5.32 Å². The molecule has 0 aliphatic carbocycles. The molecular weight excluding hydrogens is 329 g/mol. The highest BCUT2D eigenvalue weighted by Crippen LogP contribution is 2.20. The van der Waals surface area contributed by atoms with E-state index in [1.807, 2.05) is 0 Å². The Balaban J connectivity index is 2.21. The summed E-state index contributed by atoms with van der Waals surface area (Å²) in [6.45, 7) is -0.0229. The average molecular weight is 342 g/mol. The van der Waals surface area contributed by atoms with Gasteiger partial charge in [0.2, 0.25) is 0 Å². The summed E-state index contributed by atoms with van der Waals surface area (Å²) in [6.07, 6.45) is 1.04. The van der Waals surface area contributed by atoms with Gasteiger partial charge in [0, 0.05) is 18.4 Å². The van der Waals surface area contributed by atoms with E-state index < -0.39 is 21.6 Å². The molecule has 7 heteroatoms. The third-order valence-corrected chi connectivity index (χ3v) is 4.45. The number of nitrogens with one attached hydrogen (secondary N) is 1. The molecule has 0 radical (unpaired) electrons. The van der Waals surface area contributed by atoms with Gasteiger partial charge < -0.3 is 5.32 Å². The van der Waals surface area contributed by atoms with Crippen molar-refractivity contribution in [2.45, 2.75) is 11.4 Å². The van der Waals surface area contributed by atoms with Crippen molar-refractivity contribution in [1.29, 1.82) is 0 Å². The maximum Gasteiger partial charge on any atom is 0.253 e. The van der Waals surface area contributed by atoms with Gasteiger partial charge in [-0.1, -0.05) is 29.8 Å². The van der Waals surface area contributed by atoms with Crippen molar-refractivity contribution < 1.29 is 17.6 Å². The largest absolute Gasteiger partial charge is 0.348 e. The summed E-state index contributed by atoms with van der Waals surface area (Å²) in [4.78, 5) is 12.1. The van der Waals surface area contributed by atoms with Gasteiger partial charge in [-0.25, -0.2) is 12.8 Å². The molecule has 0 bridgehead atoms. The molecule has 2 aromatic rings. The molecule has 0 unspecified atom stereocenters. The number of hydrogen-bond acceptors (Lipinski definition) is 3. The van der Waals surface area contributed by atoms with Crippen LogP contribution in [0.4, 0.5) is 4.39 Å². The molecule has 116 valence electrons. The van der Waals surface area contributed by atoms with Gasteiger partial charge in [-0.3, -0.25) is 4.79 Å². The predicted molar refractivity (Wildman–Crippen MR) is 82.1 cm³/mol. The van der Waals surface area contributed by atoms with Gasteiger partial charge in [-0.15, -0.1) is 0 Å². The highest BCUT2D eigenvalue weighted by Gasteiger charge is 2.15. The first-order chi connectivity index (χ1) is 10.3. The summed E-state index contributed by atoms with van der Waals surface area (Å²) in [5.74, 6) is -1.00. The van der Waals surface area contributed by atoms with Crippen LogP contribution in [0.1, 0.15) is 15.9 Å². The van der Waals surface area contributed by atoms with Crippen LogP contribution in [0.3, 0.4) is 0 Å². The quantitative estimate of drug-likeness (QED) is 0.930. The number of rotatable bonds is 4. The molecule has 0 saturated heterocycles. The molecule has 0 aliphatic rings. The van der Waals surface area contributed by atoms with Crippen LogP contribution in [-0.2, 0) is 16.4 Å². The maximum atomic E-state index is 13.5. The Bertz CT molecular complexity index is 821. The average Bonchev–Trinajstić information content (AvgIpc) is 2.45. The number of halogens is 2. The Hall–Kier alpha value is -1.92. The smallest absolute Gasteiger partial charge is 0.253 e. The van der Waals surface area contributed by atoms with Gasteiger partial charge in [-0.2, -0.15) is 0 Å². The van der Waals surface area contributed by atoms with E-state index in [2.05, 4.69) is 5.32 Å². The van der Waals surface area contributed by atoms with Crippen LogP contribution in [0.2, 0.25) is 5.02 Å². The van der Waals surface area contributed by atoms with Gasteiger partial charge in [0.1, 0.15) is 5.82 Å². The fourth-order valence-corrected chi connectivity index (χ4v) is 2.67. The number of benzene rings is 2. The van der Waals surface area contributed by atoms with E-state index in [0.717, 1.165) is 6.26 Å². The van der Waals surface area contributed by atoms with Crippen molar-refractivity contribution in [3.63, 3.8) is 0 Å². The van der Waals surface area contributed by atoms with Crippen molar-refractivity contribution in [3.8, 4) is 0 Å². The van der Waals surface area contributed by atoms with Crippen LogP contribution in [0, 0.1) is 5.82 Å². The van der Waals surface area contributed by atoms with Gasteiger partial charge in [-0.05, 0) is 24.3 Å². The second kappa shape index (κ2) is 6.46. The summed E-state index contributed by atoms with van der Waals surface area (Å²) in [5.41, 5.74) is 0.354. The third kappa shape index (κ3) is 3.84. The Morgan fingerprint density at radius 3 is 2.55 bits per heavy atom. The molecule has 22 heavy (non-hydrogen) atoms. The van der Waals surface area contributed by atoms with Crippen LogP contribution >= 0.6 is 11.6 Å². The molecule has 4 nitrogen and oxygen atoms in total. The Labute approximate surface area is 132 Å². The first-order valence-electron chi connectivity index (χ1n) is 6.30. The van der Waals surface area contributed by atoms with Crippen molar-refractivity contribution >= 4 is 27.3 Å². The fraction of sp³-hybridized carbons (Fsp3) is 0.133. The first-order valence-corrected chi connectivity index (χ1v) is 8.57. The number of carbonyl (C=O) groups excluding carboxylic acids is 1. The van der Waals surface area contributed by atoms with E-state index >= 15 is 0 Å². The molecule has 0 aromatic heterocycles.